The summed E-state index contributed by atoms with van der Waals surface area (Å²) >= 11 is 0. The molecule has 0 fully saturated rings. The number of benzene rings is 1. The van der Waals surface area contributed by atoms with Crippen molar-refractivity contribution in [2.45, 2.75) is 25.3 Å². The van der Waals surface area contributed by atoms with Crippen molar-refractivity contribution in [3.8, 4) is 0 Å². The van der Waals surface area contributed by atoms with Crippen LogP contribution < -0.4 is 15.5 Å². The number of para-hydroxylation sites is 1. The average Bonchev–Trinajstić information content (AvgIpc) is 2.86. The van der Waals surface area contributed by atoms with Crippen LogP contribution in [0.1, 0.15) is 18.4 Å². The Morgan fingerprint density at radius 2 is 1.91 bits per heavy atom. The molecule has 2 rings (SSSR count). The normalized spacial score (nSPS) is 12.0. The fourth-order valence-electron chi connectivity index (χ4n) is 2.21. The number of rotatable bonds is 7. The molecule has 0 radical (unpaired) electrons. The number of hydrogen-bond donors (Lipinski definition) is 2. The lowest BCUT2D eigenvalue weighted by Crippen LogP contribution is -2.48. The highest BCUT2D eigenvalue weighted by Gasteiger charge is 2.15. The minimum absolute atomic E-state index is 0.0148. The molecule has 1 amide bonds. The molecule has 0 saturated heterocycles. The van der Waals surface area contributed by atoms with Crippen LogP contribution in [0.3, 0.4) is 0 Å². The van der Waals surface area contributed by atoms with Crippen molar-refractivity contribution >= 4 is 28.7 Å². The first kappa shape index (κ1) is 15.6. The second-order valence-corrected chi connectivity index (χ2v) is 4.89. The van der Waals surface area contributed by atoms with E-state index in [1.165, 1.54) is 0 Å². The highest BCUT2D eigenvalue weighted by atomic mass is 16.4. The Morgan fingerprint density at radius 3 is 2.59 bits per heavy atom. The van der Waals surface area contributed by atoms with E-state index in [4.69, 9.17) is 0 Å². The van der Waals surface area contributed by atoms with Crippen LogP contribution in [0.15, 0.2) is 30.5 Å². The summed E-state index contributed by atoms with van der Waals surface area (Å²) in [6, 6.07) is 6.05. The molecule has 7 nitrogen and oxygen atoms in total. The molecule has 1 heterocycles. The third-order valence-corrected chi connectivity index (χ3v) is 3.28. The lowest BCUT2D eigenvalue weighted by Gasteiger charge is -2.19. The van der Waals surface area contributed by atoms with Crippen molar-refractivity contribution in [2.24, 2.45) is 0 Å². The molecular formula is C15H14N2O5-2. The molecule has 1 atom stereocenters. The standard InChI is InChI=1S/C15H16N2O5/c18-13(17-12(15(21)22)5-6-14(19)20)7-9-8-16-11-4-2-1-3-10(9)11/h1-4,8,12,16H,5-7H2,(H,17,18)(H,19,20)(H,21,22)/p-2. The smallest absolute Gasteiger partial charge is 0.225 e. The van der Waals surface area contributed by atoms with E-state index in [2.05, 4.69) is 10.3 Å². The molecule has 0 aliphatic rings. The number of nitrogens with one attached hydrogen (secondary N) is 2. The lowest BCUT2D eigenvalue weighted by atomic mass is 10.1. The zero-order valence-electron chi connectivity index (χ0n) is 11.6. The molecule has 0 aliphatic carbocycles. The number of aromatic amines is 1. The molecule has 1 aromatic carbocycles. The van der Waals surface area contributed by atoms with Gasteiger partial charge in [0.1, 0.15) is 0 Å². The molecule has 0 bridgehead atoms. The lowest BCUT2D eigenvalue weighted by molar-refractivity contribution is -0.310. The Labute approximate surface area is 125 Å². The summed E-state index contributed by atoms with van der Waals surface area (Å²) < 4.78 is 0. The van der Waals surface area contributed by atoms with Crippen LogP contribution in [0.4, 0.5) is 0 Å². The van der Waals surface area contributed by atoms with E-state index in [1.54, 1.807) is 6.20 Å². The molecule has 0 aliphatic heterocycles. The minimum Gasteiger partial charge on any atom is -0.550 e. The van der Waals surface area contributed by atoms with Gasteiger partial charge in [-0.1, -0.05) is 18.2 Å². The molecule has 0 saturated carbocycles. The van der Waals surface area contributed by atoms with Gasteiger partial charge in [-0.2, -0.15) is 0 Å². The Hall–Kier alpha value is -2.83. The van der Waals surface area contributed by atoms with Crippen molar-refractivity contribution in [1.29, 1.82) is 0 Å². The molecule has 1 aromatic heterocycles. The number of aliphatic carboxylic acids is 2. The van der Waals surface area contributed by atoms with Crippen molar-refractivity contribution in [3.63, 3.8) is 0 Å². The van der Waals surface area contributed by atoms with Crippen LogP contribution in [-0.2, 0) is 20.8 Å². The molecular weight excluding hydrogens is 288 g/mol. The van der Waals surface area contributed by atoms with Crippen LogP contribution in [0.25, 0.3) is 10.9 Å². The molecule has 2 aromatic rings. The molecule has 0 spiro atoms. The van der Waals surface area contributed by atoms with Crippen LogP contribution >= 0.6 is 0 Å². The maximum atomic E-state index is 11.9. The zero-order valence-corrected chi connectivity index (χ0v) is 11.6. The number of hydrogen-bond acceptors (Lipinski definition) is 5. The minimum atomic E-state index is -1.52. The van der Waals surface area contributed by atoms with Crippen molar-refractivity contribution < 1.29 is 24.6 Å². The summed E-state index contributed by atoms with van der Waals surface area (Å²) in [6.45, 7) is 0. The van der Waals surface area contributed by atoms with E-state index in [0.29, 0.717) is 0 Å². The van der Waals surface area contributed by atoms with Gasteiger partial charge in [-0.25, -0.2) is 0 Å². The average molecular weight is 302 g/mol. The van der Waals surface area contributed by atoms with E-state index in [9.17, 15) is 24.6 Å². The van der Waals surface area contributed by atoms with Gasteiger partial charge in [-0.05, 0) is 24.5 Å². The van der Waals surface area contributed by atoms with Gasteiger partial charge in [0, 0.05) is 23.1 Å². The number of carboxylic acid groups (broad SMARTS) is 2. The van der Waals surface area contributed by atoms with Crippen molar-refractivity contribution in [2.75, 3.05) is 0 Å². The summed E-state index contributed by atoms with van der Waals surface area (Å²) in [5, 5.41) is 24.4. The van der Waals surface area contributed by atoms with Crippen LogP contribution in [-0.4, -0.2) is 28.9 Å². The highest BCUT2D eigenvalue weighted by molar-refractivity contribution is 5.90. The van der Waals surface area contributed by atoms with Crippen molar-refractivity contribution in [1.82, 2.24) is 10.3 Å². The largest absolute Gasteiger partial charge is 0.550 e. The zero-order chi connectivity index (χ0) is 16.1. The monoisotopic (exact) mass is 302 g/mol. The first-order valence-electron chi connectivity index (χ1n) is 6.72. The summed E-state index contributed by atoms with van der Waals surface area (Å²) in [7, 11) is 0. The summed E-state index contributed by atoms with van der Waals surface area (Å²) in [4.78, 5) is 36.2. The van der Waals surface area contributed by atoms with Gasteiger partial charge in [0.2, 0.25) is 5.91 Å². The molecule has 7 heteroatoms. The fourth-order valence-corrected chi connectivity index (χ4v) is 2.21. The number of carbonyl (C=O) groups excluding carboxylic acids is 3. The predicted molar refractivity (Wildman–Crippen MR) is 73.2 cm³/mol. The first-order chi connectivity index (χ1) is 10.5. The summed E-state index contributed by atoms with van der Waals surface area (Å²) in [5.41, 5.74) is 1.60. The van der Waals surface area contributed by atoms with E-state index < -0.39 is 30.3 Å². The van der Waals surface area contributed by atoms with E-state index in [-0.39, 0.29) is 12.8 Å². The van der Waals surface area contributed by atoms with E-state index >= 15 is 0 Å². The van der Waals surface area contributed by atoms with Gasteiger partial charge in [-0.3, -0.25) is 4.79 Å². The van der Waals surface area contributed by atoms with E-state index in [0.717, 1.165) is 16.5 Å². The maximum absolute atomic E-state index is 11.9. The van der Waals surface area contributed by atoms with Crippen molar-refractivity contribution in [3.05, 3.63) is 36.0 Å². The number of carbonyl (C=O) groups is 3. The second kappa shape index (κ2) is 6.75. The van der Waals surface area contributed by atoms with Gasteiger partial charge >= 0.3 is 0 Å². The quantitative estimate of drug-likeness (QED) is 0.642. The summed E-state index contributed by atoms with van der Waals surface area (Å²) in [6.07, 6.45) is 0.925. The Kier molecular flexibility index (Phi) is 4.77. The number of amides is 1. The Bertz CT molecular complexity index is 707. The predicted octanol–water partition coefficient (Wildman–Crippen LogP) is -1.52. The van der Waals surface area contributed by atoms with Gasteiger partial charge in [-0.15, -0.1) is 0 Å². The van der Waals surface area contributed by atoms with Gasteiger partial charge in [0.05, 0.1) is 18.4 Å². The molecule has 22 heavy (non-hydrogen) atoms. The Morgan fingerprint density at radius 1 is 1.18 bits per heavy atom. The number of aromatic nitrogens is 1. The number of fused-ring (bicyclic) bond motifs is 1. The molecule has 2 N–H and O–H groups in total. The number of H-pyrrole nitrogens is 1. The first-order valence-corrected chi connectivity index (χ1v) is 6.72. The maximum Gasteiger partial charge on any atom is 0.225 e. The van der Waals surface area contributed by atoms with Gasteiger partial charge in [0.15, 0.2) is 0 Å². The van der Waals surface area contributed by atoms with Crippen LogP contribution in [0.5, 0.6) is 0 Å². The number of carboxylic acids is 2. The van der Waals surface area contributed by atoms with Crippen LogP contribution in [0, 0.1) is 0 Å². The van der Waals surface area contributed by atoms with Crippen LogP contribution in [0.2, 0.25) is 0 Å². The molecule has 116 valence electrons. The SMILES string of the molecule is O=C([O-])CCC(NC(=O)Cc1c[nH]c2ccccc12)C(=O)[O-]. The second-order valence-electron chi connectivity index (χ2n) is 4.89. The Balaban J connectivity index is 2.01. The summed E-state index contributed by atoms with van der Waals surface area (Å²) in [5.74, 6) is -3.41. The fraction of sp³-hybridized carbons (Fsp3) is 0.267. The topological polar surface area (TPSA) is 125 Å². The third kappa shape index (κ3) is 3.85. The highest BCUT2D eigenvalue weighted by Crippen LogP contribution is 2.18. The third-order valence-electron chi connectivity index (χ3n) is 3.28. The van der Waals surface area contributed by atoms with Gasteiger partial charge in [0.25, 0.3) is 0 Å². The molecule has 1 unspecified atom stereocenters. The van der Waals surface area contributed by atoms with Gasteiger partial charge < -0.3 is 30.1 Å². The van der Waals surface area contributed by atoms with E-state index in [1.807, 2.05) is 24.3 Å².